The minimum Gasteiger partial charge on any atom is -0.390 e. The lowest BCUT2D eigenvalue weighted by molar-refractivity contribution is 0.202. The second-order valence-corrected chi connectivity index (χ2v) is 7.89. The van der Waals surface area contributed by atoms with Crippen molar-refractivity contribution in [2.24, 2.45) is 5.92 Å². The van der Waals surface area contributed by atoms with Gasteiger partial charge in [0.25, 0.3) is 0 Å². The Hall–Kier alpha value is -0.850. The van der Waals surface area contributed by atoms with Gasteiger partial charge < -0.3 is 9.67 Å². The summed E-state index contributed by atoms with van der Waals surface area (Å²) in [5.74, 6) is 0.378. The molecular weight excluding hydrogens is 288 g/mol. The van der Waals surface area contributed by atoms with E-state index in [4.69, 9.17) is 0 Å². The molecule has 0 radical (unpaired) electrons. The molecule has 0 bridgehead atoms. The predicted molar refractivity (Wildman–Crippen MR) is 82.4 cm³/mol. The van der Waals surface area contributed by atoms with E-state index in [1.807, 2.05) is 18.4 Å². The Bertz CT molecular complexity index is 580. The van der Waals surface area contributed by atoms with Crippen LogP contribution in [-0.2, 0) is 23.2 Å². The number of piperidine rings is 1. The molecule has 1 fully saturated rings. The van der Waals surface area contributed by atoms with Crippen LogP contribution >= 0.6 is 0 Å². The van der Waals surface area contributed by atoms with Crippen molar-refractivity contribution >= 4 is 10.0 Å². The van der Waals surface area contributed by atoms with Crippen molar-refractivity contribution in [2.45, 2.75) is 64.1 Å². The summed E-state index contributed by atoms with van der Waals surface area (Å²) < 4.78 is 29.2. The molecule has 6 heteroatoms. The quantitative estimate of drug-likeness (QED) is 0.906. The Morgan fingerprint density at radius 2 is 2.10 bits per heavy atom. The number of aryl methyl sites for hydroxylation is 1. The second kappa shape index (κ2) is 6.50. The van der Waals surface area contributed by atoms with Gasteiger partial charge in [-0.05, 0) is 38.2 Å². The summed E-state index contributed by atoms with van der Waals surface area (Å²) in [5, 5.41) is 9.40. The number of aromatic nitrogens is 1. The van der Waals surface area contributed by atoms with Gasteiger partial charge in [-0.1, -0.05) is 13.8 Å². The molecule has 2 rings (SSSR count). The summed E-state index contributed by atoms with van der Waals surface area (Å²) in [5.41, 5.74) is 0.660. The van der Waals surface area contributed by atoms with E-state index in [9.17, 15) is 13.5 Å². The average Bonchev–Trinajstić information content (AvgIpc) is 2.86. The molecule has 1 saturated heterocycles. The SMILES string of the molecule is CCCn1cc(S(=O)(=O)N2CCCC(C)C2C)cc1CO. The van der Waals surface area contributed by atoms with Gasteiger partial charge in [0.2, 0.25) is 10.0 Å². The number of sulfonamides is 1. The first-order valence-electron chi connectivity index (χ1n) is 7.73. The van der Waals surface area contributed by atoms with Gasteiger partial charge in [0.15, 0.2) is 0 Å². The maximum atomic E-state index is 12.9. The van der Waals surface area contributed by atoms with E-state index in [-0.39, 0.29) is 12.6 Å². The summed E-state index contributed by atoms with van der Waals surface area (Å²) in [6.07, 6.45) is 4.55. The normalized spacial score (nSPS) is 24.4. The van der Waals surface area contributed by atoms with Gasteiger partial charge in [-0.3, -0.25) is 0 Å². The van der Waals surface area contributed by atoms with Crippen LogP contribution in [0.3, 0.4) is 0 Å². The molecule has 120 valence electrons. The molecule has 2 unspecified atom stereocenters. The first-order chi connectivity index (χ1) is 9.91. The fourth-order valence-electron chi connectivity index (χ4n) is 3.02. The molecule has 0 saturated carbocycles. The Balaban J connectivity index is 2.35. The highest BCUT2D eigenvalue weighted by atomic mass is 32.2. The minimum atomic E-state index is -3.47. The number of rotatable bonds is 5. The van der Waals surface area contributed by atoms with Gasteiger partial charge in [0, 0.05) is 31.0 Å². The highest BCUT2D eigenvalue weighted by molar-refractivity contribution is 7.89. The van der Waals surface area contributed by atoms with Gasteiger partial charge in [-0.2, -0.15) is 4.31 Å². The third-order valence-electron chi connectivity index (χ3n) is 4.51. The molecule has 1 aliphatic rings. The molecule has 2 atom stereocenters. The highest BCUT2D eigenvalue weighted by Gasteiger charge is 2.35. The topological polar surface area (TPSA) is 62.5 Å². The van der Waals surface area contributed by atoms with Crippen LogP contribution in [0.15, 0.2) is 17.2 Å². The fraction of sp³-hybridized carbons (Fsp3) is 0.733. The lowest BCUT2D eigenvalue weighted by Crippen LogP contribution is -2.45. The zero-order chi connectivity index (χ0) is 15.6. The molecule has 21 heavy (non-hydrogen) atoms. The summed E-state index contributed by atoms with van der Waals surface area (Å²) in [4.78, 5) is 0.306. The molecule has 1 aromatic rings. The Morgan fingerprint density at radius 1 is 1.38 bits per heavy atom. The van der Waals surface area contributed by atoms with Crippen molar-refractivity contribution in [3.63, 3.8) is 0 Å². The lowest BCUT2D eigenvalue weighted by Gasteiger charge is -2.36. The first kappa shape index (κ1) is 16.5. The molecule has 0 spiro atoms. The van der Waals surface area contributed by atoms with Crippen LogP contribution in [0.25, 0.3) is 0 Å². The minimum absolute atomic E-state index is 0.0239. The first-order valence-corrected chi connectivity index (χ1v) is 9.17. The summed E-state index contributed by atoms with van der Waals surface area (Å²) >= 11 is 0. The molecule has 2 heterocycles. The molecule has 0 aromatic carbocycles. The lowest BCUT2D eigenvalue weighted by atomic mass is 9.94. The van der Waals surface area contributed by atoms with Gasteiger partial charge in [-0.25, -0.2) is 8.42 Å². The van der Waals surface area contributed by atoms with E-state index in [0.717, 1.165) is 25.8 Å². The molecule has 1 aromatic heterocycles. The van der Waals surface area contributed by atoms with Crippen LogP contribution in [0.4, 0.5) is 0 Å². The van der Waals surface area contributed by atoms with Crippen LogP contribution in [-0.4, -0.2) is 35.0 Å². The maximum absolute atomic E-state index is 12.9. The number of aliphatic hydroxyl groups is 1. The van der Waals surface area contributed by atoms with E-state index in [0.29, 0.717) is 23.1 Å². The van der Waals surface area contributed by atoms with Crippen LogP contribution in [0.2, 0.25) is 0 Å². The number of hydrogen-bond donors (Lipinski definition) is 1. The zero-order valence-electron chi connectivity index (χ0n) is 13.1. The fourth-order valence-corrected chi connectivity index (χ4v) is 4.85. The molecule has 0 amide bonds. The third-order valence-corrected chi connectivity index (χ3v) is 6.46. The predicted octanol–water partition coefficient (Wildman–Crippen LogP) is 2.20. The summed E-state index contributed by atoms with van der Waals surface area (Å²) in [6, 6.07) is 1.63. The zero-order valence-corrected chi connectivity index (χ0v) is 13.9. The monoisotopic (exact) mass is 314 g/mol. The average molecular weight is 314 g/mol. The van der Waals surface area contributed by atoms with Crippen LogP contribution < -0.4 is 0 Å². The Labute approximate surface area is 127 Å². The molecule has 5 nitrogen and oxygen atoms in total. The van der Waals surface area contributed by atoms with Crippen molar-refractivity contribution in [3.8, 4) is 0 Å². The van der Waals surface area contributed by atoms with Crippen molar-refractivity contribution in [1.82, 2.24) is 8.87 Å². The van der Waals surface area contributed by atoms with Crippen molar-refractivity contribution < 1.29 is 13.5 Å². The number of aliphatic hydroxyl groups excluding tert-OH is 1. The van der Waals surface area contributed by atoms with Gasteiger partial charge in [0.1, 0.15) is 4.90 Å². The largest absolute Gasteiger partial charge is 0.390 e. The standard InChI is InChI=1S/C15H26N2O3S/c1-4-7-16-10-15(9-14(16)11-18)21(19,20)17-8-5-6-12(2)13(17)3/h9-10,12-13,18H,4-8,11H2,1-3H3. The van der Waals surface area contributed by atoms with Gasteiger partial charge >= 0.3 is 0 Å². The highest BCUT2D eigenvalue weighted by Crippen LogP contribution is 2.29. The number of nitrogens with zero attached hydrogens (tertiary/aromatic N) is 2. The third kappa shape index (κ3) is 3.17. The van der Waals surface area contributed by atoms with Crippen LogP contribution in [0.1, 0.15) is 45.7 Å². The van der Waals surface area contributed by atoms with E-state index in [1.54, 1.807) is 16.6 Å². The van der Waals surface area contributed by atoms with E-state index >= 15 is 0 Å². The summed E-state index contributed by atoms with van der Waals surface area (Å²) in [6.45, 7) is 7.29. The van der Waals surface area contributed by atoms with Crippen molar-refractivity contribution in [2.75, 3.05) is 6.54 Å². The second-order valence-electron chi connectivity index (χ2n) is 5.99. The van der Waals surface area contributed by atoms with Gasteiger partial charge in [-0.15, -0.1) is 0 Å². The van der Waals surface area contributed by atoms with Crippen LogP contribution in [0.5, 0.6) is 0 Å². The van der Waals surface area contributed by atoms with Crippen LogP contribution in [0, 0.1) is 5.92 Å². The molecule has 0 aliphatic carbocycles. The van der Waals surface area contributed by atoms with Crippen molar-refractivity contribution in [3.05, 3.63) is 18.0 Å². The maximum Gasteiger partial charge on any atom is 0.244 e. The molecule has 1 N–H and O–H groups in total. The van der Waals surface area contributed by atoms with Crippen molar-refractivity contribution in [1.29, 1.82) is 0 Å². The number of hydrogen-bond acceptors (Lipinski definition) is 3. The van der Waals surface area contributed by atoms with E-state index in [1.165, 1.54) is 0 Å². The summed E-state index contributed by atoms with van der Waals surface area (Å²) in [7, 11) is -3.47. The molecular formula is C15H26N2O3S. The Kier molecular flexibility index (Phi) is 5.11. The molecule has 1 aliphatic heterocycles. The van der Waals surface area contributed by atoms with E-state index in [2.05, 4.69) is 6.92 Å². The van der Waals surface area contributed by atoms with E-state index < -0.39 is 10.0 Å². The van der Waals surface area contributed by atoms with Gasteiger partial charge in [0.05, 0.1) is 6.61 Å². The Morgan fingerprint density at radius 3 is 2.71 bits per heavy atom. The smallest absolute Gasteiger partial charge is 0.244 e.